The molecule has 2 atom stereocenters. The third-order valence-electron chi connectivity index (χ3n) is 4.58. The van der Waals surface area contributed by atoms with Crippen molar-refractivity contribution in [3.05, 3.63) is 70.8 Å². The van der Waals surface area contributed by atoms with Crippen molar-refractivity contribution in [2.45, 2.75) is 12.3 Å². The first-order valence-corrected chi connectivity index (χ1v) is 8.12. The molecule has 0 bridgehead atoms. The molecule has 2 aliphatic rings. The van der Waals surface area contributed by atoms with Crippen LogP contribution in [-0.2, 0) is 4.79 Å². The quantitative estimate of drug-likeness (QED) is 0.876. The van der Waals surface area contributed by atoms with Crippen LogP contribution in [-0.4, -0.2) is 16.7 Å². The summed E-state index contributed by atoms with van der Waals surface area (Å²) in [5.41, 5.74) is 6.47. The minimum Gasteiger partial charge on any atom is -0.508 e. The van der Waals surface area contributed by atoms with E-state index in [0.29, 0.717) is 11.4 Å². The Hall–Kier alpha value is -2.59. The lowest BCUT2D eigenvalue weighted by Crippen LogP contribution is -2.31. The topological polar surface area (TPSA) is 61.7 Å². The Morgan fingerprint density at radius 1 is 1.17 bits per heavy atom. The van der Waals surface area contributed by atoms with Crippen molar-refractivity contribution in [2.75, 3.05) is 0 Å². The average Bonchev–Trinajstić information content (AvgIpc) is 2.96. The molecule has 120 valence electrons. The summed E-state index contributed by atoms with van der Waals surface area (Å²) in [5.74, 6) is -0.145. The monoisotopic (exact) mass is 338 g/mol. The summed E-state index contributed by atoms with van der Waals surface area (Å²) in [7, 11) is 0. The van der Waals surface area contributed by atoms with Crippen LogP contribution in [0.1, 0.15) is 23.5 Å². The minimum atomic E-state index is -0.288. The SMILES string of the molecule is O=C1NN=C2C=C(c3ccc(O)cc3)CC(c3cccc(Cl)c3)C12. The second-order valence-corrected chi connectivity index (χ2v) is 6.51. The Morgan fingerprint density at radius 3 is 2.71 bits per heavy atom. The fourth-order valence-corrected chi connectivity index (χ4v) is 3.62. The fraction of sp³-hybridized carbons (Fsp3) is 0.158. The van der Waals surface area contributed by atoms with Gasteiger partial charge in [0.15, 0.2) is 0 Å². The third-order valence-corrected chi connectivity index (χ3v) is 4.81. The lowest BCUT2D eigenvalue weighted by Gasteiger charge is -2.28. The van der Waals surface area contributed by atoms with Gasteiger partial charge in [0.1, 0.15) is 5.75 Å². The molecule has 2 aromatic rings. The Balaban J connectivity index is 1.77. The molecule has 0 saturated heterocycles. The molecule has 0 fully saturated rings. The first-order chi connectivity index (χ1) is 11.6. The molecule has 0 aromatic heterocycles. The van der Waals surface area contributed by atoms with Crippen molar-refractivity contribution in [3.63, 3.8) is 0 Å². The van der Waals surface area contributed by atoms with Crippen molar-refractivity contribution in [1.29, 1.82) is 0 Å². The summed E-state index contributed by atoms with van der Waals surface area (Å²) in [5, 5.41) is 14.3. The molecule has 0 spiro atoms. The maximum Gasteiger partial charge on any atom is 0.249 e. The molecule has 1 aliphatic heterocycles. The van der Waals surface area contributed by atoms with E-state index in [4.69, 9.17) is 11.6 Å². The average molecular weight is 339 g/mol. The van der Waals surface area contributed by atoms with E-state index < -0.39 is 0 Å². The maximum atomic E-state index is 12.2. The van der Waals surface area contributed by atoms with E-state index >= 15 is 0 Å². The van der Waals surface area contributed by atoms with Crippen molar-refractivity contribution < 1.29 is 9.90 Å². The number of hydrogen-bond acceptors (Lipinski definition) is 3. The van der Waals surface area contributed by atoms with Crippen LogP contribution in [0.25, 0.3) is 5.57 Å². The van der Waals surface area contributed by atoms with Crippen LogP contribution in [0.3, 0.4) is 0 Å². The number of amides is 1. The number of hydrazone groups is 1. The zero-order valence-corrected chi connectivity index (χ0v) is 13.5. The van der Waals surface area contributed by atoms with Gasteiger partial charge in [0.25, 0.3) is 0 Å². The van der Waals surface area contributed by atoms with Crippen LogP contribution in [0.4, 0.5) is 0 Å². The largest absolute Gasteiger partial charge is 0.508 e. The van der Waals surface area contributed by atoms with Gasteiger partial charge < -0.3 is 5.11 Å². The smallest absolute Gasteiger partial charge is 0.249 e. The number of benzene rings is 2. The van der Waals surface area contributed by atoms with Gasteiger partial charge in [-0.15, -0.1) is 0 Å². The summed E-state index contributed by atoms with van der Waals surface area (Å²) in [6.07, 6.45) is 2.68. The normalized spacial score (nSPS) is 22.5. The highest BCUT2D eigenvalue weighted by Gasteiger charge is 2.40. The number of rotatable bonds is 2. The van der Waals surface area contributed by atoms with Crippen LogP contribution in [0.5, 0.6) is 5.75 Å². The first-order valence-electron chi connectivity index (χ1n) is 7.75. The summed E-state index contributed by atoms with van der Waals surface area (Å²) >= 11 is 6.14. The predicted octanol–water partition coefficient (Wildman–Crippen LogP) is 3.72. The number of halogens is 1. The molecule has 0 radical (unpaired) electrons. The maximum absolute atomic E-state index is 12.2. The minimum absolute atomic E-state index is 0.0150. The molecule has 1 aliphatic carbocycles. The number of phenols is 1. The number of carbonyl (C=O) groups excluding carboxylic acids is 1. The molecule has 0 saturated carbocycles. The van der Waals surface area contributed by atoms with E-state index in [1.165, 1.54) is 0 Å². The predicted molar refractivity (Wildman–Crippen MR) is 94.0 cm³/mol. The first kappa shape index (κ1) is 15.0. The summed E-state index contributed by atoms with van der Waals surface area (Å²) < 4.78 is 0. The zero-order valence-electron chi connectivity index (χ0n) is 12.7. The Kier molecular flexibility index (Phi) is 3.62. The van der Waals surface area contributed by atoms with Crippen molar-refractivity contribution in [3.8, 4) is 5.75 Å². The number of carbonyl (C=O) groups is 1. The van der Waals surface area contributed by atoms with E-state index in [1.54, 1.807) is 12.1 Å². The molecule has 4 nitrogen and oxygen atoms in total. The number of nitrogens with one attached hydrogen (secondary N) is 1. The number of aromatic hydroxyl groups is 1. The van der Waals surface area contributed by atoms with Gasteiger partial charge in [-0.3, -0.25) is 4.79 Å². The lowest BCUT2D eigenvalue weighted by molar-refractivity contribution is -0.122. The van der Waals surface area contributed by atoms with Gasteiger partial charge in [0.05, 0.1) is 11.6 Å². The van der Waals surface area contributed by atoms with Gasteiger partial charge in [-0.1, -0.05) is 35.9 Å². The molecular weight excluding hydrogens is 324 g/mol. The van der Waals surface area contributed by atoms with E-state index in [9.17, 15) is 9.90 Å². The van der Waals surface area contributed by atoms with Crippen LogP contribution < -0.4 is 5.43 Å². The molecule has 5 heteroatoms. The molecule has 2 aromatic carbocycles. The van der Waals surface area contributed by atoms with Crippen LogP contribution >= 0.6 is 11.6 Å². The van der Waals surface area contributed by atoms with E-state index in [1.807, 2.05) is 42.5 Å². The second kappa shape index (κ2) is 5.80. The van der Waals surface area contributed by atoms with Gasteiger partial charge >= 0.3 is 0 Å². The fourth-order valence-electron chi connectivity index (χ4n) is 3.42. The van der Waals surface area contributed by atoms with Crippen LogP contribution in [0.2, 0.25) is 5.02 Å². The third kappa shape index (κ3) is 2.59. The molecular formula is C19H15ClN2O2. The van der Waals surface area contributed by atoms with Gasteiger partial charge in [0, 0.05) is 10.9 Å². The van der Waals surface area contributed by atoms with Gasteiger partial charge in [0.2, 0.25) is 5.91 Å². The van der Waals surface area contributed by atoms with Crippen molar-refractivity contribution >= 4 is 28.8 Å². The van der Waals surface area contributed by atoms with Gasteiger partial charge in [-0.25, -0.2) is 5.43 Å². The lowest BCUT2D eigenvalue weighted by atomic mass is 9.73. The van der Waals surface area contributed by atoms with Gasteiger partial charge in [-0.05, 0) is 53.5 Å². The highest BCUT2D eigenvalue weighted by Crippen LogP contribution is 2.42. The highest BCUT2D eigenvalue weighted by molar-refractivity contribution is 6.30. The standard InChI is InChI=1S/C19H15ClN2O2/c20-14-3-1-2-12(8-14)16-9-13(11-4-6-15(23)7-5-11)10-17-18(16)19(24)22-21-17/h1-8,10,16,18,23H,9H2,(H,22,24). The van der Waals surface area contributed by atoms with Crippen LogP contribution in [0.15, 0.2) is 59.7 Å². The van der Waals surface area contributed by atoms with E-state index in [-0.39, 0.29) is 23.5 Å². The van der Waals surface area contributed by atoms with E-state index in [0.717, 1.165) is 22.4 Å². The van der Waals surface area contributed by atoms with E-state index in [2.05, 4.69) is 10.5 Å². The zero-order chi connectivity index (χ0) is 16.7. The van der Waals surface area contributed by atoms with Crippen LogP contribution in [0, 0.1) is 5.92 Å². The number of allylic oxidation sites excluding steroid dienone is 2. The van der Waals surface area contributed by atoms with Crippen molar-refractivity contribution in [2.24, 2.45) is 11.0 Å². The number of hydrogen-bond donors (Lipinski definition) is 2. The molecule has 24 heavy (non-hydrogen) atoms. The number of nitrogens with zero attached hydrogens (tertiary/aromatic N) is 1. The summed E-state index contributed by atoms with van der Waals surface area (Å²) in [6, 6.07) is 14.7. The number of fused-ring (bicyclic) bond motifs is 1. The summed E-state index contributed by atoms with van der Waals surface area (Å²) in [4.78, 5) is 12.2. The Morgan fingerprint density at radius 2 is 1.96 bits per heavy atom. The molecule has 2 unspecified atom stereocenters. The highest BCUT2D eigenvalue weighted by atomic mass is 35.5. The van der Waals surface area contributed by atoms with Gasteiger partial charge in [-0.2, -0.15) is 5.10 Å². The Bertz CT molecular complexity index is 871. The number of phenolic OH excluding ortho intramolecular Hbond substituents is 1. The molecule has 4 rings (SSSR count). The van der Waals surface area contributed by atoms with Crippen molar-refractivity contribution in [1.82, 2.24) is 5.43 Å². The summed E-state index contributed by atoms with van der Waals surface area (Å²) in [6.45, 7) is 0. The molecule has 1 heterocycles. The Labute approximate surface area is 144 Å². The molecule has 2 N–H and O–H groups in total. The molecule has 1 amide bonds. The second-order valence-electron chi connectivity index (χ2n) is 6.07.